The molecule has 2 aromatic heterocycles. The van der Waals surface area contributed by atoms with Crippen molar-refractivity contribution >= 4 is 40.6 Å². The molecule has 1 aliphatic rings. The van der Waals surface area contributed by atoms with Crippen LogP contribution in [0.4, 0.5) is 5.82 Å². The van der Waals surface area contributed by atoms with Crippen molar-refractivity contribution in [2.75, 3.05) is 11.4 Å². The van der Waals surface area contributed by atoms with Crippen LogP contribution in [0.2, 0.25) is 10.0 Å². The van der Waals surface area contributed by atoms with E-state index >= 15 is 0 Å². The highest BCUT2D eigenvalue weighted by Crippen LogP contribution is 2.28. The molecule has 1 aliphatic heterocycles. The first-order valence-corrected chi connectivity index (χ1v) is 8.47. The number of halogens is 2. The van der Waals surface area contributed by atoms with Gasteiger partial charge in [0.25, 0.3) is 0 Å². The molecule has 0 aliphatic carbocycles. The number of carbonyl (C=O) groups is 1. The fourth-order valence-electron chi connectivity index (χ4n) is 3.09. The van der Waals surface area contributed by atoms with Crippen LogP contribution >= 0.6 is 23.2 Å². The van der Waals surface area contributed by atoms with E-state index in [2.05, 4.69) is 15.3 Å². The summed E-state index contributed by atoms with van der Waals surface area (Å²) in [6, 6.07) is 8.06. The maximum absolute atomic E-state index is 11.4. The van der Waals surface area contributed by atoms with E-state index in [-0.39, 0.29) is 0 Å². The third-order valence-electron chi connectivity index (χ3n) is 4.20. The fraction of sp³-hybridized carbons (Fsp3) is 0.250. The lowest BCUT2D eigenvalue weighted by Crippen LogP contribution is -2.36. The average molecular weight is 378 g/mol. The second kappa shape index (κ2) is 6.16. The maximum Gasteiger partial charge on any atom is 0.326 e. The topological polar surface area (TPSA) is 83.6 Å². The molecule has 0 saturated carbocycles. The quantitative estimate of drug-likeness (QED) is 0.754. The molecule has 7 nitrogen and oxygen atoms in total. The Bertz CT molecular complexity index is 954. The molecule has 1 saturated heterocycles. The minimum absolute atomic E-state index is 0.487. The minimum atomic E-state index is -0.843. The number of hydrogen-bond acceptors (Lipinski definition) is 5. The number of rotatable bonds is 3. The highest BCUT2D eigenvalue weighted by Gasteiger charge is 2.31. The minimum Gasteiger partial charge on any atom is -0.480 e. The Hall–Kier alpha value is -2.38. The molecule has 1 aromatic carbocycles. The molecule has 0 radical (unpaired) electrons. The molecule has 0 unspecified atom stereocenters. The number of aromatic nitrogens is 4. The van der Waals surface area contributed by atoms with Gasteiger partial charge in [-0.05, 0) is 43.2 Å². The molecule has 1 fully saturated rings. The summed E-state index contributed by atoms with van der Waals surface area (Å²) in [4.78, 5) is 13.2. The molecule has 1 atom stereocenters. The molecule has 3 aromatic rings. The van der Waals surface area contributed by atoms with Gasteiger partial charge in [-0.3, -0.25) is 0 Å². The van der Waals surface area contributed by atoms with Gasteiger partial charge in [-0.1, -0.05) is 23.2 Å². The zero-order valence-corrected chi connectivity index (χ0v) is 14.4. The summed E-state index contributed by atoms with van der Waals surface area (Å²) in [6.07, 6.45) is 1.42. The summed E-state index contributed by atoms with van der Waals surface area (Å²) in [5.41, 5.74) is 1.24. The highest BCUT2D eigenvalue weighted by molar-refractivity contribution is 6.35. The summed E-state index contributed by atoms with van der Waals surface area (Å²) in [5.74, 6) is 0.226. The van der Waals surface area contributed by atoms with Crippen LogP contribution < -0.4 is 4.90 Å². The summed E-state index contributed by atoms with van der Waals surface area (Å²) < 4.78 is 1.58. The van der Waals surface area contributed by atoms with Gasteiger partial charge < -0.3 is 10.0 Å². The van der Waals surface area contributed by atoms with Crippen LogP contribution in [0.5, 0.6) is 0 Å². The maximum atomic E-state index is 11.4. The number of carboxylic acids is 1. The van der Waals surface area contributed by atoms with Crippen LogP contribution in [0.15, 0.2) is 30.3 Å². The zero-order valence-electron chi connectivity index (χ0n) is 12.9. The Balaban J connectivity index is 1.81. The number of fused-ring (bicyclic) bond motifs is 1. The van der Waals surface area contributed by atoms with Crippen molar-refractivity contribution in [3.8, 4) is 11.4 Å². The smallest absolute Gasteiger partial charge is 0.326 e. The van der Waals surface area contributed by atoms with Crippen LogP contribution in [0.1, 0.15) is 12.8 Å². The predicted octanol–water partition coefficient (Wildman–Crippen LogP) is 3.15. The van der Waals surface area contributed by atoms with E-state index in [0.29, 0.717) is 45.9 Å². The van der Waals surface area contributed by atoms with Gasteiger partial charge in [0.2, 0.25) is 0 Å². The van der Waals surface area contributed by atoms with Crippen molar-refractivity contribution in [1.82, 2.24) is 19.8 Å². The van der Waals surface area contributed by atoms with Gasteiger partial charge in [-0.15, -0.1) is 15.3 Å². The predicted molar refractivity (Wildman–Crippen MR) is 94.2 cm³/mol. The third-order valence-corrected chi connectivity index (χ3v) is 4.64. The second-order valence-electron chi connectivity index (χ2n) is 5.83. The summed E-state index contributed by atoms with van der Waals surface area (Å²) in [6.45, 7) is 0.649. The molecule has 128 valence electrons. The standard InChI is InChI=1S/C16H13Cl2N5O2/c17-10-6-9(7-11(18)8-10)15-20-19-13-3-4-14(21-23(13)15)22-5-1-2-12(22)16(24)25/h3-4,6-8,12H,1-2,5H2,(H,24,25)/t12-/m0/s1. The van der Waals surface area contributed by atoms with Gasteiger partial charge in [-0.2, -0.15) is 4.52 Å². The summed E-state index contributed by atoms with van der Waals surface area (Å²) in [5, 5.41) is 23.2. The zero-order chi connectivity index (χ0) is 17.6. The first-order chi connectivity index (χ1) is 12.0. The first-order valence-electron chi connectivity index (χ1n) is 7.71. The van der Waals surface area contributed by atoms with Crippen molar-refractivity contribution in [2.45, 2.75) is 18.9 Å². The fourth-order valence-corrected chi connectivity index (χ4v) is 3.62. The molecule has 1 N–H and O–H groups in total. The van der Waals surface area contributed by atoms with Crippen molar-refractivity contribution in [1.29, 1.82) is 0 Å². The van der Waals surface area contributed by atoms with Crippen LogP contribution in [0.3, 0.4) is 0 Å². The van der Waals surface area contributed by atoms with Crippen molar-refractivity contribution in [3.63, 3.8) is 0 Å². The van der Waals surface area contributed by atoms with Crippen LogP contribution in [-0.2, 0) is 4.79 Å². The van der Waals surface area contributed by atoms with Gasteiger partial charge in [0.1, 0.15) is 11.9 Å². The molecule has 0 spiro atoms. The van der Waals surface area contributed by atoms with Gasteiger partial charge >= 0.3 is 5.97 Å². The number of aliphatic carboxylic acids is 1. The van der Waals surface area contributed by atoms with E-state index in [4.69, 9.17) is 23.2 Å². The molecular weight excluding hydrogens is 365 g/mol. The number of benzene rings is 1. The van der Waals surface area contributed by atoms with Crippen molar-refractivity contribution in [3.05, 3.63) is 40.4 Å². The number of hydrogen-bond donors (Lipinski definition) is 1. The van der Waals surface area contributed by atoms with E-state index in [1.54, 1.807) is 39.7 Å². The van der Waals surface area contributed by atoms with Crippen molar-refractivity contribution < 1.29 is 9.90 Å². The van der Waals surface area contributed by atoms with Gasteiger partial charge in [0.05, 0.1) is 0 Å². The third kappa shape index (κ3) is 2.89. The number of carboxylic acid groups (broad SMARTS) is 1. The monoisotopic (exact) mass is 377 g/mol. The Morgan fingerprint density at radius 1 is 1.16 bits per heavy atom. The number of nitrogens with zero attached hydrogens (tertiary/aromatic N) is 5. The number of anilines is 1. The molecule has 0 amide bonds. The molecule has 9 heteroatoms. The first kappa shape index (κ1) is 16.1. The highest BCUT2D eigenvalue weighted by atomic mass is 35.5. The molecule has 25 heavy (non-hydrogen) atoms. The summed E-state index contributed by atoms with van der Waals surface area (Å²) >= 11 is 12.1. The van der Waals surface area contributed by atoms with E-state index in [9.17, 15) is 9.90 Å². The van der Waals surface area contributed by atoms with Crippen molar-refractivity contribution in [2.24, 2.45) is 0 Å². The Morgan fingerprint density at radius 3 is 2.64 bits per heavy atom. The van der Waals surface area contributed by atoms with E-state index < -0.39 is 12.0 Å². The van der Waals surface area contributed by atoms with E-state index in [1.807, 2.05) is 0 Å². The Morgan fingerprint density at radius 2 is 1.92 bits per heavy atom. The average Bonchev–Trinajstić information content (AvgIpc) is 3.20. The Labute approximate surface area is 152 Å². The Kier molecular flexibility index (Phi) is 3.97. The van der Waals surface area contributed by atoms with E-state index in [0.717, 1.165) is 6.42 Å². The SMILES string of the molecule is O=C(O)[C@@H]1CCCN1c1ccc2nnc(-c3cc(Cl)cc(Cl)c3)n2n1. The second-order valence-corrected chi connectivity index (χ2v) is 6.71. The van der Waals surface area contributed by atoms with Crippen LogP contribution in [0.25, 0.3) is 17.0 Å². The largest absolute Gasteiger partial charge is 0.480 e. The van der Waals surface area contributed by atoms with E-state index in [1.165, 1.54) is 0 Å². The lowest BCUT2D eigenvalue weighted by atomic mass is 10.2. The lowest BCUT2D eigenvalue weighted by molar-refractivity contribution is -0.138. The lowest BCUT2D eigenvalue weighted by Gasteiger charge is -2.22. The molecule has 3 heterocycles. The summed E-state index contributed by atoms with van der Waals surface area (Å²) in [7, 11) is 0. The van der Waals surface area contributed by atoms with Crippen LogP contribution in [-0.4, -0.2) is 43.5 Å². The molecule has 0 bridgehead atoms. The normalized spacial score (nSPS) is 17.4. The molecule has 4 rings (SSSR count). The van der Waals surface area contributed by atoms with Crippen LogP contribution in [0, 0.1) is 0 Å². The van der Waals surface area contributed by atoms with Gasteiger partial charge in [-0.25, -0.2) is 4.79 Å². The van der Waals surface area contributed by atoms with Gasteiger partial charge in [0.15, 0.2) is 11.5 Å². The van der Waals surface area contributed by atoms with Gasteiger partial charge in [0, 0.05) is 22.2 Å². The molecular formula is C16H13Cl2N5O2.